The number of aromatic nitrogens is 1. The highest BCUT2D eigenvalue weighted by molar-refractivity contribution is 5.66. The largest absolute Gasteiger partial charge is 0.481 e. The molecule has 0 atom stereocenters. The molecule has 4 heteroatoms. The third-order valence-corrected chi connectivity index (χ3v) is 1.65. The van der Waals surface area contributed by atoms with Crippen LogP contribution in [0.5, 0.6) is 0 Å². The summed E-state index contributed by atoms with van der Waals surface area (Å²) < 4.78 is 1.84. The Labute approximate surface area is 70.6 Å². The van der Waals surface area contributed by atoms with Crippen molar-refractivity contribution in [3.8, 4) is 0 Å². The highest BCUT2D eigenvalue weighted by Gasteiger charge is 1.98. The molecule has 0 aliphatic rings. The van der Waals surface area contributed by atoms with Crippen LogP contribution in [0.1, 0.15) is 12.8 Å². The minimum Gasteiger partial charge on any atom is -0.481 e. The van der Waals surface area contributed by atoms with Gasteiger partial charge in [0.2, 0.25) is 0 Å². The molecule has 1 aromatic heterocycles. The van der Waals surface area contributed by atoms with Gasteiger partial charge in [0.1, 0.15) is 5.82 Å². The number of carbonyl (C=O) groups is 1. The van der Waals surface area contributed by atoms with E-state index < -0.39 is 5.97 Å². The topological polar surface area (TPSA) is 68.2 Å². The Hall–Kier alpha value is -1.45. The van der Waals surface area contributed by atoms with Crippen LogP contribution in [0.25, 0.3) is 0 Å². The van der Waals surface area contributed by atoms with Gasteiger partial charge in [-0.2, -0.15) is 0 Å². The number of rotatable bonds is 4. The zero-order chi connectivity index (χ0) is 8.97. The molecular weight excluding hydrogens is 156 g/mol. The first-order valence-electron chi connectivity index (χ1n) is 3.82. The summed E-state index contributed by atoms with van der Waals surface area (Å²) >= 11 is 0. The highest BCUT2D eigenvalue weighted by atomic mass is 16.4. The summed E-state index contributed by atoms with van der Waals surface area (Å²) in [5, 5.41) is 8.37. The van der Waals surface area contributed by atoms with Crippen molar-refractivity contribution in [3.05, 3.63) is 18.3 Å². The van der Waals surface area contributed by atoms with Crippen molar-refractivity contribution in [1.82, 2.24) is 4.57 Å². The van der Waals surface area contributed by atoms with Gasteiger partial charge in [0, 0.05) is 19.2 Å². The molecule has 0 aliphatic carbocycles. The van der Waals surface area contributed by atoms with Gasteiger partial charge >= 0.3 is 5.97 Å². The molecule has 0 bridgehead atoms. The van der Waals surface area contributed by atoms with Gasteiger partial charge in [-0.05, 0) is 18.6 Å². The van der Waals surface area contributed by atoms with Crippen molar-refractivity contribution in [2.24, 2.45) is 0 Å². The molecule has 66 valence electrons. The van der Waals surface area contributed by atoms with Crippen LogP contribution in [0, 0.1) is 0 Å². The fourth-order valence-corrected chi connectivity index (χ4v) is 1.03. The second-order valence-corrected chi connectivity index (χ2v) is 2.62. The third-order valence-electron chi connectivity index (χ3n) is 1.65. The van der Waals surface area contributed by atoms with Crippen molar-refractivity contribution < 1.29 is 9.90 Å². The van der Waals surface area contributed by atoms with Crippen LogP contribution < -0.4 is 5.73 Å². The number of hydrogen-bond donors (Lipinski definition) is 2. The molecule has 12 heavy (non-hydrogen) atoms. The maximum atomic E-state index is 10.2. The van der Waals surface area contributed by atoms with E-state index in [-0.39, 0.29) is 6.42 Å². The number of nitrogen functional groups attached to an aromatic ring is 1. The molecular formula is C8H12N2O2. The Kier molecular flexibility index (Phi) is 2.74. The lowest BCUT2D eigenvalue weighted by atomic mass is 10.3. The minimum atomic E-state index is -0.763. The molecule has 0 radical (unpaired) electrons. The molecule has 0 amide bonds. The smallest absolute Gasteiger partial charge is 0.303 e. The van der Waals surface area contributed by atoms with Crippen molar-refractivity contribution in [3.63, 3.8) is 0 Å². The first-order chi connectivity index (χ1) is 5.70. The van der Waals surface area contributed by atoms with Crippen molar-refractivity contribution >= 4 is 11.8 Å². The van der Waals surface area contributed by atoms with E-state index in [4.69, 9.17) is 10.8 Å². The molecule has 1 heterocycles. The van der Waals surface area contributed by atoms with Gasteiger partial charge in [0.05, 0.1) is 0 Å². The molecule has 0 saturated carbocycles. The van der Waals surface area contributed by atoms with E-state index in [9.17, 15) is 4.79 Å². The highest BCUT2D eigenvalue weighted by Crippen LogP contribution is 2.05. The number of carboxylic acids is 1. The molecule has 0 aromatic carbocycles. The molecule has 4 nitrogen and oxygen atoms in total. The van der Waals surface area contributed by atoms with E-state index in [2.05, 4.69) is 0 Å². The molecule has 1 rings (SSSR count). The van der Waals surface area contributed by atoms with Crippen LogP contribution >= 0.6 is 0 Å². The molecule has 0 spiro atoms. The Morgan fingerprint density at radius 2 is 2.42 bits per heavy atom. The molecule has 0 aliphatic heterocycles. The Balaban J connectivity index is 2.33. The van der Waals surface area contributed by atoms with Crippen LogP contribution in [0.15, 0.2) is 18.3 Å². The minimum absolute atomic E-state index is 0.192. The second-order valence-electron chi connectivity index (χ2n) is 2.62. The van der Waals surface area contributed by atoms with Crippen LogP contribution in [0.3, 0.4) is 0 Å². The predicted octanol–water partition coefficient (Wildman–Crippen LogP) is 0.935. The lowest BCUT2D eigenvalue weighted by Crippen LogP contribution is -2.03. The molecule has 0 unspecified atom stereocenters. The molecule has 3 N–H and O–H groups in total. The summed E-state index contributed by atoms with van der Waals surface area (Å²) in [7, 11) is 0. The van der Waals surface area contributed by atoms with E-state index in [1.165, 1.54) is 0 Å². The summed E-state index contributed by atoms with van der Waals surface area (Å²) in [6, 6.07) is 3.64. The third kappa shape index (κ3) is 2.30. The normalized spacial score (nSPS) is 10.0. The first-order valence-corrected chi connectivity index (χ1v) is 3.82. The molecule has 0 fully saturated rings. The average Bonchev–Trinajstić information content (AvgIpc) is 2.36. The number of nitrogens with zero attached hydrogens (tertiary/aromatic N) is 1. The van der Waals surface area contributed by atoms with E-state index in [0.29, 0.717) is 18.8 Å². The second kappa shape index (κ2) is 3.80. The van der Waals surface area contributed by atoms with Crippen LogP contribution in [0.4, 0.5) is 5.82 Å². The lowest BCUT2D eigenvalue weighted by molar-refractivity contribution is -0.137. The summed E-state index contributed by atoms with van der Waals surface area (Å²) in [4.78, 5) is 10.2. The average molecular weight is 168 g/mol. The first kappa shape index (κ1) is 8.64. The van der Waals surface area contributed by atoms with E-state index >= 15 is 0 Å². The summed E-state index contributed by atoms with van der Waals surface area (Å²) in [6.45, 7) is 0.672. The Morgan fingerprint density at radius 3 is 2.92 bits per heavy atom. The zero-order valence-electron chi connectivity index (χ0n) is 6.73. The molecule has 1 aromatic rings. The summed E-state index contributed by atoms with van der Waals surface area (Å²) in [5.41, 5.74) is 5.57. The number of nitrogens with two attached hydrogens (primary N) is 1. The summed E-state index contributed by atoms with van der Waals surface area (Å²) in [5.74, 6) is -0.0823. The maximum Gasteiger partial charge on any atom is 0.303 e. The van der Waals surface area contributed by atoms with Gasteiger partial charge in [-0.3, -0.25) is 4.79 Å². The monoisotopic (exact) mass is 168 g/mol. The van der Waals surface area contributed by atoms with E-state index in [1.54, 1.807) is 6.07 Å². The SMILES string of the molecule is Nc1cccn1CCCC(=O)O. The van der Waals surface area contributed by atoms with Gasteiger partial charge < -0.3 is 15.4 Å². The van der Waals surface area contributed by atoms with Crippen LogP contribution in [-0.4, -0.2) is 15.6 Å². The lowest BCUT2D eigenvalue weighted by Gasteiger charge is -2.03. The van der Waals surface area contributed by atoms with Gasteiger partial charge in [-0.25, -0.2) is 0 Å². The van der Waals surface area contributed by atoms with Gasteiger partial charge in [-0.1, -0.05) is 0 Å². The summed E-state index contributed by atoms with van der Waals surface area (Å²) in [6.07, 6.45) is 2.66. The van der Waals surface area contributed by atoms with Gasteiger partial charge in [-0.15, -0.1) is 0 Å². The number of hydrogen-bond acceptors (Lipinski definition) is 2. The fraction of sp³-hybridized carbons (Fsp3) is 0.375. The predicted molar refractivity (Wildman–Crippen MR) is 45.7 cm³/mol. The molecule has 0 saturated heterocycles. The number of carboxylic acid groups (broad SMARTS) is 1. The quantitative estimate of drug-likeness (QED) is 0.702. The van der Waals surface area contributed by atoms with Crippen LogP contribution in [-0.2, 0) is 11.3 Å². The van der Waals surface area contributed by atoms with Crippen molar-refractivity contribution in [2.75, 3.05) is 5.73 Å². The zero-order valence-corrected chi connectivity index (χ0v) is 6.73. The van der Waals surface area contributed by atoms with E-state index in [1.807, 2.05) is 16.8 Å². The van der Waals surface area contributed by atoms with Crippen LogP contribution in [0.2, 0.25) is 0 Å². The number of anilines is 1. The van der Waals surface area contributed by atoms with Gasteiger partial charge in [0.15, 0.2) is 0 Å². The van der Waals surface area contributed by atoms with Crippen molar-refractivity contribution in [1.29, 1.82) is 0 Å². The Morgan fingerprint density at radius 1 is 1.67 bits per heavy atom. The fourth-order valence-electron chi connectivity index (χ4n) is 1.03. The standard InChI is InChI=1S/C8H12N2O2/c9-7-3-1-5-10(7)6-2-4-8(11)12/h1,3,5H,2,4,6,9H2,(H,11,12). The number of aryl methyl sites for hydroxylation is 1. The Bertz CT molecular complexity index is 268. The van der Waals surface area contributed by atoms with E-state index in [0.717, 1.165) is 0 Å². The maximum absolute atomic E-state index is 10.2. The van der Waals surface area contributed by atoms with Crippen molar-refractivity contribution in [2.45, 2.75) is 19.4 Å². The number of aliphatic carboxylic acids is 1. The van der Waals surface area contributed by atoms with Gasteiger partial charge in [0.25, 0.3) is 0 Å².